The summed E-state index contributed by atoms with van der Waals surface area (Å²) in [5.74, 6) is 1.25. The van der Waals surface area contributed by atoms with Gasteiger partial charge in [0.1, 0.15) is 5.82 Å². The standard InChI is InChI=1S/C24H30N4O2/c1-17-21(23(29)26-14-18-8-3-2-4-9-18)15-25-22(27-17)20-12-7-13-28(16-20)24(30)19-10-5-6-11-19/h2-4,8-9,15,19-20H,5-7,10-14,16H2,1H3,(H,26,29)/t20-/m0/s1. The molecule has 6 nitrogen and oxygen atoms in total. The van der Waals surface area contributed by atoms with Crippen molar-refractivity contribution in [2.75, 3.05) is 13.1 Å². The van der Waals surface area contributed by atoms with Gasteiger partial charge in [0.25, 0.3) is 5.91 Å². The molecule has 1 aliphatic carbocycles. The minimum atomic E-state index is -0.162. The molecular weight excluding hydrogens is 376 g/mol. The molecule has 1 N–H and O–H groups in total. The summed E-state index contributed by atoms with van der Waals surface area (Å²) in [6.45, 7) is 3.85. The molecule has 0 spiro atoms. The van der Waals surface area contributed by atoms with E-state index in [1.54, 1.807) is 6.20 Å². The van der Waals surface area contributed by atoms with Gasteiger partial charge in [0, 0.05) is 37.7 Å². The van der Waals surface area contributed by atoms with Gasteiger partial charge < -0.3 is 10.2 Å². The number of hydrogen-bond acceptors (Lipinski definition) is 4. The maximum absolute atomic E-state index is 12.8. The van der Waals surface area contributed by atoms with Gasteiger partial charge in [-0.05, 0) is 38.2 Å². The fourth-order valence-electron chi connectivity index (χ4n) is 4.60. The van der Waals surface area contributed by atoms with Crippen LogP contribution in [0, 0.1) is 12.8 Å². The average molecular weight is 407 g/mol. The zero-order valence-corrected chi connectivity index (χ0v) is 17.6. The second-order valence-electron chi connectivity index (χ2n) is 8.50. The van der Waals surface area contributed by atoms with Gasteiger partial charge in [-0.3, -0.25) is 9.59 Å². The number of carbonyl (C=O) groups excluding carboxylic acids is 2. The van der Waals surface area contributed by atoms with Crippen molar-refractivity contribution in [3.8, 4) is 0 Å². The number of amides is 2. The Balaban J connectivity index is 1.39. The minimum Gasteiger partial charge on any atom is -0.348 e. The van der Waals surface area contributed by atoms with Crippen LogP contribution in [-0.4, -0.2) is 39.8 Å². The Kier molecular flexibility index (Phi) is 6.41. The molecule has 2 aromatic rings. The lowest BCUT2D eigenvalue weighted by atomic mass is 9.95. The van der Waals surface area contributed by atoms with E-state index in [1.165, 1.54) is 12.8 Å². The van der Waals surface area contributed by atoms with Crippen molar-refractivity contribution in [1.29, 1.82) is 0 Å². The van der Waals surface area contributed by atoms with Crippen LogP contribution in [0.1, 0.15) is 71.9 Å². The molecule has 2 amide bonds. The Bertz CT molecular complexity index is 893. The Morgan fingerprint density at radius 2 is 1.87 bits per heavy atom. The van der Waals surface area contributed by atoms with Gasteiger partial charge in [0.05, 0.1) is 11.3 Å². The number of rotatable bonds is 5. The number of nitrogens with zero attached hydrogens (tertiary/aromatic N) is 3. The molecule has 1 saturated heterocycles. The van der Waals surface area contributed by atoms with Gasteiger partial charge >= 0.3 is 0 Å². The van der Waals surface area contributed by atoms with Crippen molar-refractivity contribution in [1.82, 2.24) is 20.2 Å². The van der Waals surface area contributed by atoms with Crippen LogP contribution >= 0.6 is 0 Å². The fraction of sp³-hybridized carbons (Fsp3) is 0.500. The third kappa shape index (κ3) is 4.69. The molecule has 1 atom stereocenters. The third-order valence-corrected chi connectivity index (χ3v) is 6.34. The van der Waals surface area contributed by atoms with Crippen LogP contribution in [-0.2, 0) is 11.3 Å². The number of nitrogens with one attached hydrogen (secondary N) is 1. The van der Waals surface area contributed by atoms with Crippen LogP contribution in [0.15, 0.2) is 36.5 Å². The molecule has 0 bridgehead atoms. The van der Waals surface area contributed by atoms with Crippen LogP contribution in [0.25, 0.3) is 0 Å². The van der Waals surface area contributed by atoms with E-state index >= 15 is 0 Å². The predicted octanol–water partition coefficient (Wildman–Crippen LogP) is 3.61. The molecule has 1 aromatic heterocycles. The zero-order valence-electron chi connectivity index (χ0n) is 17.6. The molecule has 158 valence electrons. The number of aryl methyl sites for hydroxylation is 1. The summed E-state index contributed by atoms with van der Waals surface area (Å²) in [7, 11) is 0. The molecule has 0 radical (unpaired) electrons. The molecule has 2 fully saturated rings. The Labute approximate surface area is 178 Å². The molecule has 4 rings (SSSR count). The van der Waals surface area contributed by atoms with E-state index < -0.39 is 0 Å². The van der Waals surface area contributed by atoms with E-state index in [9.17, 15) is 9.59 Å². The van der Waals surface area contributed by atoms with Crippen LogP contribution in [0.4, 0.5) is 0 Å². The monoisotopic (exact) mass is 406 g/mol. The van der Waals surface area contributed by atoms with Gasteiger partial charge in [-0.15, -0.1) is 0 Å². The van der Waals surface area contributed by atoms with Crippen LogP contribution in [0.3, 0.4) is 0 Å². The molecule has 0 unspecified atom stereocenters. The second kappa shape index (κ2) is 9.37. The number of carbonyl (C=O) groups is 2. The quantitative estimate of drug-likeness (QED) is 0.823. The summed E-state index contributed by atoms with van der Waals surface area (Å²) in [6.07, 6.45) is 7.99. The summed E-state index contributed by atoms with van der Waals surface area (Å²) in [4.78, 5) is 36.6. The lowest BCUT2D eigenvalue weighted by molar-refractivity contribution is -0.136. The van der Waals surface area contributed by atoms with Gasteiger partial charge in [-0.2, -0.15) is 0 Å². The van der Waals surface area contributed by atoms with Crippen molar-refractivity contribution < 1.29 is 9.59 Å². The molecule has 1 aromatic carbocycles. The van der Waals surface area contributed by atoms with Crippen molar-refractivity contribution in [3.05, 3.63) is 59.2 Å². The summed E-state index contributed by atoms with van der Waals surface area (Å²) in [6, 6.07) is 9.82. The van der Waals surface area contributed by atoms with E-state index in [0.717, 1.165) is 43.6 Å². The van der Waals surface area contributed by atoms with Crippen LogP contribution in [0.2, 0.25) is 0 Å². The van der Waals surface area contributed by atoms with E-state index in [1.807, 2.05) is 42.2 Å². The highest BCUT2D eigenvalue weighted by Crippen LogP contribution is 2.30. The second-order valence-corrected chi connectivity index (χ2v) is 8.50. The van der Waals surface area contributed by atoms with E-state index in [-0.39, 0.29) is 17.7 Å². The highest BCUT2D eigenvalue weighted by Gasteiger charge is 2.32. The molecule has 6 heteroatoms. The van der Waals surface area contributed by atoms with Crippen molar-refractivity contribution in [2.45, 2.75) is 57.9 Å². The first kappa shape index (κ1) is 20.5. The molecule has 2 aliphatic rings. The zero-order chi connectivity index (χ0) is 20.9. The first-order valence-corrected chi connectivity index (χ1v) is 11.1. The number of piperidine rings is 1. The number of benzene rings is 1. The Hall–Kier alpha value is -2.76. The number of hydrogen-bond donors (Lipinski definition) is 1. The lowest BCUT2D eigenvalue weighted by Crippen LogP contribution is -2.42. The van der Waals surface area contributed by atoms with Crippen molar-refractivity contribution in [2.24, 2.45) is 5.92 Å². The molecule has 1 saturated carbocycles. The Morgan fingerprint density at radius 1 is 1.10 bits per heavy atom. The van der Waals surface area contributed by atoms with E-state index in [0.29, 0.717) is 30.3 Å². The molecular formula is C24H30N4O2. The summed E-state index contributed by atoms with van der Waals surface area (Å²) >= 11 is 0. The van der Waals surface area contributed by atoms with E-state index in [2.05, 4.69) is 15.3 Å². The Morgan fingerprint density at radius 3 is 2.60 bits per heavy atom. The van der Waals surface area contributed by atoms with Gasteiger partial charge in [-0.25, -0.2) is 9.97 Å². The first-order valence-electron chi connectivity index (χ1n) is 11.1. The van der Waals surface area contributed by atoms with E-state index in [4.69, 9.17) is 0 Å². The fourth-order valence-corrected chi connectivity index (χ4v) is 4.60. The summed E-state index contributed by atoms with van der Waals surface area (Å²) < 4.78 is 0. The summed E-state index contributed by atoms with van der Waals surface area (Å²) in [5, 5.41) is 2.94. The third-order valence-electron chi connectivity index (χ3n) is 6.34. The van der Waals surface area contributed by atoms with Gasteiger partial charge in [0.2, 0.25) is 5.91 Å². The maximum atomic E-state index is 12.8. The van der Waals surface area contributed by atoms with Crippen LogP contribution in [0.5, 0.6) is 0 Å². The minimum absolute atomic E-state index is 0.143. The smallest absolute Gasteiger partial charge is 0.254 e. The van der Waals surface area contributed by atoms with Gasteiger partial charge in [-0.1, -0.05) is 43.2 Å². The molecule has 2 heterocycles. The number of aromatic nitrogens is 2. The largest absolute Gasteiger partial charge is 0.348 e. The topological polar surface area (TPSA) is 75.2 Å². The summed E-state index contributed by atoms with van der Waals surface area (Å²) in [5.41, 5.74) is 2.24. The lowest BCUT2D eigenvalue weighted by Gasteiger charge is -2.33. The maximum Gasteiger partial charge on any atom is 0.254 e. The van der Waals surface area contributed by atoms with Crippen LogP contribution < -0.4 is 5.32 Å². The predicted molar refractivity (Wildman–Crippen MR) is 115 cm³/mol. The van der Waals surface area contributed by atoms with Crippen molar-refractivity contribution in [3.63, 3.8) is 0 Å². The number of likely N-dealkylation sites (tertiary alicyclic amines) is 1. The SMILES string of the molecule is Cc1nc([C@H]2CCCN(C(=O)C3CCCC3)C2)ncc1C(=O)NCc1ccccc1. The molecule has 30 heavy (non-hydrogen) atoms. The molecule has 1 aliphatic heterocycles. The highest BCUT2D eigenvalue weighted by atomic mass is 16.2. The highest BCUT2D eigenvalue weighted by molar-refractivity contribution is 5.94. The normalized spacial score (nSPS) is 19.6. The van der Waals surface area contributed by atoms with Crippen molar-refractivity contribution >= 4 is 11.8 Å². The average Bonchev–Trinajstić information content (AvgIpc) is 3.32. The van der Waals surface area contributed by atoms with Gasteiger partial charge in [0.15, 0.2) is 0 Å². The first-order chi connectivity index (χ1) is 14.6.